The van der Waals surface area contributed by atoms with E-state index in [9.17, 15) is 4.79 Å². The van der Waals surface area contributed by atoms with Crippen LogP contribution in [0.1, 0.15) is 5.56 Å². The minimum Gasteiger partial charge on any atom is -0.497 e. The van der Waals surface area contributed by atoms with Crippen LogP contribution in [0.4, 0.5) is 10.5 Å². The van der Waals surface area contributed by atoms with E-state index in [0.717, 1.165) is 5.56 Å². The van der Waals surface area contributed by atoms with Gasteiger partial charge in [-0.25, -0.2) is 4.79 Å². The third-order valence-corrected chi connectivity index (χ3v) is 3.96. The average Bonchev–Trinajstić information content (AvgIpc) is 2.62. The van der Waals surface area contributed by atoms with Gasteiger partial charge in [-0.3, -0.25) is 0 Å². The van der Waals surface area contributed by atoms with Crippen molar-refractivity contribution in [3.05, 3.63) is 47.0 Å². The molecule has 2 aromatic rings. The van der Waals surface area contributed by atoms with Crippen molar-refractivity contribution in [3.63, 3.8) is 0 Å². The molecule has 132 valence electrons. The highest BCUT2D eigenvalue weighted by molar-refractivity contribution is 6.32. The lowest BCUT2D eigenvalue weighted by atomic mass is 10.1. The Morgan fingerprint density at radius 2 is 2.08 bits per heavy atom. The van der Waals surface area contributed by atoms with Gasteiger partial charge in [0.1, 0.15) is 19.0 Å². The second-order valence-electron chi connectivity index (χ2n) is 5.46. The maximum absolute atomic E-state index is 12.0. The van der Waals surface area contributed by atoms with Crippen molar-refractivity contribution >= 4 is 23.3 Å². The fourth-order valence-electron chi connectivity index (χ4n) is 2.51. The Morgan fingerprint density at radius 3 is 2.92 bits per heavy atom. The van der Waals surface area contributed by atoms with Crippen LogP contribution in [-0.2, 0) is 6.42 Å². The molecule has 0 fully saturated rings. The predicted octanol–water partition coefficient (Wildman–Crippen LogP) is 3.48. The number of carbonyl (C=O) groups is 1. The van der Waals surface area contributed by atoms with Crippen LogP contribution >= 0.6 is 11.6 Å². The fraction of sp³-hybridized carbons (Fsp3) is 0.278. The smallest absolute Gasteiger partial charge is 0.319 e. The lowest BCUT2D eigenvalue weighted by Gasteiger charge is -2.20. The fourth-order valence-corrected chi connectivity index (χ4v) is 2.79. The molecule has 0 unspecified atom stereocenters. The molecule has 0 radical (unpaired) electrons. The lowest BCUT2D eigenvalue weighted by molar-refractivity contribution is 0.171. The molecule has 1 heterocycles. The number of hydrogen-bond donors (Lipinski definition) is 2. The van der Waals surface area contributed by atoms with E-state index < -0.39 is 0 Å². The number of halogens is 1. The van der Waals surface area contributed by atoms with Gasteiger partial charge < -0.3 is 24.8 Å². The molecule has 0 atom stereocenters. The summed E-state index contributed by atoms with van der Waals surface area (Å²) in [6.45, 7) is 1.47. The van der Waals surface area contributed by atoms with E-state index in [1.54, 1.807) is 19.2 Å². The number of fused-ring (bicyclic) bond motifs is 1. The van der Waals surface area contributed by atoms with Gasteiger partial charge in [0.2, 0.25) is 0 Å². The molecule has 25 heavy (non-hydrogen) atoms. The Labute approximate surface area is 151 Å². The zero-order chi connectivity index (χ0) is 17.6. The van der Waals surface area contributed by atoms with E-state index in [-0.39, 0.29) is 6.03 Å². The van der Waals surface area contributed by atoms with Crippen LogP contribution in [0.15, 0.2) is 36.4 Å². The van der Waals surface area contributed by atoms with Crippen molar-refractivity contribution in [2.75, 3.05) is 32.2 Å². The largest absolute Gasteiger partial charge is 0.497 e. The molecular weight excluding hydrogens is 344 g/mol. The van der Waals surface area contributed by atoms with E-state index in [0.29, 0.717) is 54.1 Å². The first-order valence-corrected chi connectivity index (χ1v) is 8.30. The molecule has 1 aliphatic rings. The number of amides is 2. The van der Waals surface area contributed by atoms with Gasteiger partial charge in [0.15, 0.2) is 11.5 Å². The number of methoxy groups -OCH3 is 1. The monoisotopic (exact) mass is 362 g/mol. The predicted molar refractivity (Wildman–Crippen MR) is 96.2 cm³/mol. The number of hydrogen-bond acceptors (Lipinski definition) is 4. The van der Waals surface area contributed by atoms with Gasteiger partial charge in [-0.15, -0.1) is 0 Å². The van der Waals surface area contributed by atoms with Crippen molar-refractivity contribution < 1.29 is 19.0 Å². The molecule has 0 saturated carbocycles. The summed E-state index contributed by atoms with van der Waals surface area (Å²) in [6, 6.07) is 10.6. The molecule has 7 heteroatoms. The molecule has 1 aliphatic heterocycles. The Hall–Kier alpha value is -2.60. The van der Waals surface area contributed by atoms with Gasteiger partial charge in [0, 0.05) is 18.3 Å². The van der Waals surface area contributed by atoms with E-state index in [4.69, 9.17) is 25.8 Å². The summed E-state index contributed by atoms with van der Waals surface area (Å²) in [5, 5.41) is 6.10. The zero-order valence-electron chi connectivity index (χ0n) is 13.8. The second-order valence-corrected chi connectivity index (χ2v) is 5.87. The number of nitrogens with one attached hydrogen (secondary N) is 2. The maximum Gasteiger partial charge on any atom is 0.319 e. The quantitative estimate of drug-likeness (QED) is 0.854. The topological polar surface area (TPSA) is 68.8 Å². The molecule has 0 spiro atoms. The van der Waals surface area contributed by atoms with Gasteiger partial charge in [-0.2, -0.15) is 0 Å². The summed E-state index contributed by atoms with van der Waals surface area (Å²) in [5.74, 6) is 1.92. The van der Waals surface area contributed by atoms with Crippen molar-refractivity contribution in [2.24, 2.45) is 0 Å². The summed E-state index contributed by atoms with van der Waals surface area (Å²) < 4.78 is 16.2. The van der Waals surface area contributed by atoms with Crippen molar-refractivity contribution in [3.8, 4) is 17.2 Å². The first-order chi connectivity index (χ1) is 12.2. The highest BCUT2D eigenvalue weighted by atomic mass is 35.5. The van der Waals surface area contributed by atoms with E-state index in [1.165, 1.54) is 0 Å². The second kappa shape index (κ2) is 7.98. The highest BCUT2D eigenvalue weighted by Crippen LogP contribution is 2.38. The van der Waals surface area contributed by atoms with Crippen LogP contribution in [0, 0.1) is 0 Å². The van der Waals surface area contributed by atoms with E-state index in [1.807, 2.05) is 24.3 Å². The summed E-state index contributed by atoms with van der Waals surface area (Å²) in [7, 11) is 1.58. The Kier molecular flexibility index (Phi) is 5.50. The number of anilines is 1. The number of urea groups is 1. The molecule has 2 amide bonds. The highest BCUT2D eigenvalue weighted by Gasteiger charge is 2.16. The van der Waals surface area contributed by atoms with Crippen molar-refractivity contribution in [2.45, 2.75) is 6.42 Å². The lowest BCUT2D eigenvalue weighted by Crippen LogP contribution is -2.30. The van der Waals surface area contributed by atoms with Gasteiger partial charge in [0.25, 0.3) is 0 Å². The van der Waals surface area contributed by atoms with E-state index >= 15 is 0 Å². The van der Waals surface area contributed by atoms with E-state index in [2.05, 4.69) is 10.6 Å². The van der Waals surface area contributed by atoms with Crippen LogP contribution in [-0.4, -0.2) is 32.9 Å². The number of carbonyl (C=O) groups excluding carboxylic acids is 1. The van der Waals surface area contributed by atoms with Crippen LogP contribution in [0.5, 0.6) is 17.2 Å². The summed E-state index contributed by atoms with van der Waals surface area (Å²) in [4.78, 5) is 12.0. The van der Waals surface area contributed by atoms with Gasteiger partial charge in [-0.1, -0.05) is 17.7 Å². The molecule has 0 saturated heterocycles. The maximum atomic E-state index is 12.0. The first kappa shape index (κ1) is 17.2. The molecule has 3 rings (SSSR count). The van der Waals surface area contributed by atoms with Crippen LogP contribution in [0.2, 0.25) is 5.02 Å². The van der Waals surface area contributed by atoms with Gasteiger partial charge in [0.05, 0.1) is 12.1 Å². The normalized spacial score (nSPS) is 12.4. The number of benzene rings is 2. The zero-order valence-corrected chi connectivity index (χ0v) is 14.6. The molecule has 0 aromatic heterocycles. The van der Waals surface area contributed by atoms with Crippen LogP contribution in [0.25, 0.3) is 0 Å². The van der Waals surface area contributed by atoms with Crippen LogP contribution in [0.3, 0.4) is 0 Å². The molecule has 0 aliphatic carbocycles. The minimum atomic E-state index is -0.281. The molecular formula is C18H19ClN2O4. The Bertz CT molecular complexity index is 767. The SMILES string of the molecule is COc1cccc(NC(=O)NCCc2cc(Cl)c3c(c2)OCCO3)c1. The Morgan fingerprint density at radius 1 is 1.24 bits per heavy atom. The standard InChI is InChI=1S/C18H19ClN2O4/c1-23-14-4-2-3-13(11-14)21-18(22)20-6-5-12-9-15(19)17-16(10-12)24-7-8-25-17/h2-4,9-11H,5-8H2,1H3,(H2,20,21,22). The first-order valence-electron chi connectivity index (χ1n) is 7.92. The van der Waals surface area contributed by atoms with Crippen molar-refractivity contribution in [1.29, 1.82) is 0 Å². The molecule has 0 bridgehead atoms. The summed E-state index contributed by atoms with van der Waals surface area (Å²) >= 11 is 6.21. The summed E-state index contributed by atoms with van der Waals surface area (Å²) in [5.41, 5.74) is 1.63. The third-order valence-electron chi connectivity index (χ3n) is 3.68. The van der Waals surface area contributed by atoms with Gasteiger partial charge >= 0.3 is 6.03 Å². The number of rotatable bonds is 5. The minimum absolute atomic E-state index is 0.281. The summed E-state index contributed by atoms with van der Waals surface area (Å²) in [6.07, 6.45) is 0.627. The van der Waals surface area contributed by atoms with Crippen LogP contribution < -0.4 is 24.8 Å². The molecule has 2 N–H and O–H groups in total. The van der Waals surface area contributed by atoms with Gasteiger partial charge in [-0.05, 0) is 36.2 Å². The number of ether oxygens (including phenoxy) is 3. The molecule has 6 nitrogen and oxygen atoms in total. The van der Waals surface area contributed by atoms with Crippen molar-refractivity contribution in [1.82, 2.24) is 5.32 Å². The molecule has 2 aromatic carbocycles. The average molecular weight is 363 g/mol. The Balaban J connectivity index is 1.52. The third kappa shape index (κ3) is 4.48.